The van der Waals surface area contributed by atoms with Crippen LogP contribution in [0.2, 0.25) is 0 Å². The van der Waals surface area contributed by atoms with Crippen molar-refractivity contribution in [2.24, 2.45) is 5.73 Å². The third kappa shape index (κ3) is 5.89. The number of nitrogens with two attached hydrogens (primary N) is 1. The van der Waals surface area contributed by atoms with Crippen molar-refractivity contribution in [1.29, 1.82) is 0 Å². The largest absolute Gasteiger partial charge is 0.493 e. The van der Waals surface area contributed by atoms with Crippen molar-refractivity contribution in [3.8, 4) is 11.5 Å². The zero-order valence-electron chi connectivity index (χ0n) is 11.6. The molecular weight excluding hydrogens is 260 g/mol. The Labute approximate surface area is 120 Å². The minimum Gasteiger partial charge on any atom is -0.493 e. The summed E-state index contributed by atoms with van der Waals surface area (Å²) in [4.78, 5) is 2.82. The minimum absolute atomic E-state index is 0.559. The fourth-order valence-corrected chi connectivity index (χ4v) is 1.81. The Bertz CT molecular complexity index is 399. The monoisotopic (exact) mass is 282 g/mol. The Balaban J connectivity index is 2.37. The van der Waals surface area contributed by atoms with Crippen LogP contribution in [-0.2, 0) is 0 Å². The average Bonchev–Trinajstić information content (AvgIpc) is 2.42. The van der Waals surface area contributed by atoms with Gasteiger partial charge in [0.25, 0.3) is 0 Å². The van der Waals surface area contributed by atoms with E-state index < -0.39 is 0 Å². The van der Waals surface area contributed by atoms with E-state index in [4.69, 9.17) is 27.4 Å². The van der Waals surface area contributed by atoms with Gasteiger partial charge in [0, 0.05) is 19.5 Å². The molecule has 0 amide bonds. The summed E-state index contributed by atoms with van der Waals surface area (Å²) >= 11 is 4.89. The summed E-state index contributed by atoms with van der Waals surface area (Å²) in [6.07, 6.45) is 0.748. The van der Waals surface area contributed by atoms with Crippen molar-refractivity contribution in [3.63, 3.8) is 0 Å². The number of hydrogen-bond donors (Lipinski definition) is 1. The molecule has 0 heterocycles. The normalized spacial score (nSPS) is 10.5. The topological polar surface area (TPSA) is 47.7 Å². The first kappa shape index (κ1) is 15.7. The smallest absolute Gasteiger partial charge is 0.161 e. The van der Waals surface area contributed by atoms with Crippen LogP contribution in [-0.4, -0.2) is 43.2 Å². The lowest BCUT2D eigenvalue weighted by Crippen LogP contribution is -2.31. The first-order valence-electron chi connectivity index (χ1n) is 6.43. The highest BCUT2D eigenvalue weighted by atomic mass is 32.1. The molecule has 0 aromatic heterocycles. The first-order valence-corrected chi connectivity index (χ1v) is 6.84. The van der Waals surface area contributed by atoms with Gasteiger partial charge in [-0.3, -0.25) is 4.90 Å². The number of nitrogens with zero attached hydrogens (tertiary/aromatic N) is 1. The second kappa shape index (κ2) is 8.72. The van der Waals surface area contributed by atoms with Crippen LogP contribution in [0.4, 0.5) is 0 Å². The molecule has 1 aromatic rings. The van der Waals surface area contributed by atoms with Crippen molar-refractivity contribution < 1.29 is 9.47 Å². The molecule has 0 bridgehead atoms. The zero-order valence-corrected chi connectivity index (χ0v) is 12.4. The van der Waals surface area contributed by atoms with Crippen LogP contribution in [0.1, 0.15) is 13.3 Å². The zero-order chi connectivity index (χ0) is 14.1. The van der Waals surface area contributed by atoms with Gasteiger partial charge in [-0.2, -0.15) is 0 Å². The van der Waals surface area contributed by atoms with Gasteiger partial charge in [-0.05, 0) is 18.7 Å². The highest BCUT2D eigenvalue weighted by molar-refractivity contribution is 7.80. The van der Waals surface area contributed by atoms with E-state index in [9.17, 15) is 0 Å². The molecule has 1 rings (SSSR count). The van der Waals surface area contributed by atoms with Crippen LogP contribution in [0.25, 0.3) is 0 Å². The summed E-state index contributed by atoms with van der Waals surface area (Å²) < 4.78 is 11.0. The van der Waals surface area contributed by atoms with Gasteiger partial charge in [-0.15, -0.1) is 0 Å². The number of rotatable bonds is 9. The molecule has 0 atom stereocenters. The summed E-state index contributed by atoms with van der Waals surface area (Å²) in [5, 5.41) is 0. The van der Waals surface area contributed by atoms with Crippen LogP contribution in [0, 0.1) is 0 Å². The first-order chi connectivity index (χ1) is 9.17. The second-order valence-corrected chi connectivity index (χ2v) is 4.67. The van der Waals surface area contributed by atoms with Gasteiger partial charge in [0.2, 0.25) is 0 Å². The van der Waals surface area contributed by atoms with Gasteiger partial charge in [0.05, 0.1) is 12.1 Å². The molecule has 0 fully saturated rings. The third-order valence-corrected chi connectivity index (χ3v) is 3.06. The van der Waals surface area contributed by atoms with Gasteiger partial charge in [0.1, 0.15) is 6.61 Å². The van der Waals surface area contributed by atoms with E-state index in [0.717, 1.165) is 37.6 Å². The predicted octanol–water partition coefficient (Wildman–Crippen LogP) is 2.07. The molecule has 0 aliphatic heterocycles. The minimum atomic E-state index is 0.559. The van der Waals surface area contributed by atoms with Gasteiger partial charge in [-0.1, -0.05) is 31.3 Å². The summed E-state index contributed by atoms with van der Waals surface area (Å²) in [7, 11) is 1.64. The maximum absolute atomic E-state index is 5.74. The van der Waals surface area contributed by atoms with E-state index in [1.807, 2.05) is 24.3 Å². The molecule has 5 heteroatoms. The molecule has 19 heavy (non-hydrogen) atoms. The van der Waals surface area contributed by atoms with E-state index in [0.29, 0.717) is 11.6 Å². The lowest BCUT2D eigenvalue weighted by atomic mass is 10.3. The molecule has 4 nitrogen and oxygen atoms in total. The van der Waals surface area contributed by atoms with Gasteiger partial charge in [0.15, 0.2) is 11.5 Å². The fraction of sp³-hybridized carbons (Fsp3) is 0.500. The predicted molar refractivity (Wildman–Crippen MR) is 82.0 cm³/mol. The SMILES string of the molecule is CCN(CCOc1ccccc1OC)CCC(N)=S. The lowest BCUT2D eigenvalue weighted by Gasteiger charge is -2.20. The number of methoxy groups -OCH3 is 1. The summed E-state index contributed by atoms with van der Waals surface area (Å²) in [6.45, 7) is 5.41. The third-order valence-electron chi connectivity index (χ3n) is 2.86. The van der Waals surface area contributed by atoms with Crippen LogP contribution in [0.3, 0.4) is 0 Å². The lowest BCUT2D eigenvalue weighted by molar-refractivity contribution is 0.214. The Kier molecular flexibility index (Phi) is 7.22. The van der Waals surface area contributed by atoms with Gasteiger partial charge < -0.3 is 15.2 Å². The van der Waals surface area contributed by atoms with Crippen molar-refractivity contribution in [2.45, 2.75) is 13.3 Å². The van der Waals surface area contributed by atoms with Crippen LogP contribution < -0.4 is 15.2 Å². The molecule has 0 unspecified atom stereocenters. The molecule has 2 N–H and O–H groups in total. The maximum atomic E-state index is 5.74. The van der Waals surface area contributed by atoms with Gasteiger partial charge >= 0.3 is 0 Å². The molecule has 0 saturated heterocycles. The number of para-hydroxylation sites is 2. The number of thiocarbonyl (C=S) groups is 1. The van der Waals surface area contributed by atoms with Crippen molar-refractivity contribution in [1.82, 2.24) is 4.90 Å². The number of likely N-dealkylation sites (N-methyl/N-ethyl adjacent to an activating group) is 1. The Morgan fingerprint density at radius 3 is 2.53 bits per heavy atom. The van der Waals surface area contributed by atoms with E-state index in [1.165, 1.54) is 0 Å². The Morgan fingerprint density at radius 2 is 1.95 bits per heavy atom. The van der Waals surface area contributed by atoms with Crippen LogP contribution in [0.15, 0.2) is 24.3 Å². The summed E-state index contributed by atoms with van der Waals surface area (Å²) in [6, 6.07) is 7.65. The molecule has 1 aromatic carbocycles. The number of benzene rings is 1. The fourth-order valence-electron chi connectivity index (χ4n) is 1.72. The van der Waals surface area contributed by atoms with Crippen molar-refractivity contribution >= 4 is 17.2 Å². The second-order valence-electron chi connectivity index (χ2n) is 4.15. The Hall–Kier alpha value is -1.33. The van der Waals surface area contributed by atoms with E-state index in [-0.39, 0.29) is 0 Å². The molecule has 106 valence electrons. The molecule has 0 aliphatic carbocycles. The van der Waals surface area contributed by atoms with E-state index in [1.54, 1.807) is 7.11 Å². The van der Waals surface area contributed by atoms with Crippen LogP contribution >= 0.6 is 12.2 Å². The van der Waals surface area contributed by atoms with Crippen molar-refractivity contribution in [2.75, 3.05) is 33.4 Å². The Morgan fingerprint density at radius 1 is 1.26 bits per heavy atom. The van der Waals surface area contributed by atoms with Crippen molar-refractivity contribution in [3.05, 3.63) is 24.3 Å². The standard InChI is InChI=1S/C14H22N2O2S/c1-3-16(9-8-14(15)19)10-11-18-13-7-5-4-6-12(13)17-2/h4-7H,3,8-11H2,1-2H3,(H2,15,19). The quantitative estimate of drug-likeness (QED) is 0.703. The average molecular weight is 282 g/mol. The van der Waals surface area contributed by atoms with Gasteiger partial charge in [-0.25, -0.2) is 0 Å². The molecule has 0 spiro atoms. The highest BCUT2D eigenvalue weighted by Gasteiger charge is 2.05. The van der Waals surface area contributed by atoms with E-state index in [2.05, 4.69) is 11.8 Å². The molecular formula is C14H22N2O2S. The maximum Gasteiger partial charge on any atom is 0.161 e. The molecule has 0 saturated carbocycles. The highest BCUT2D eigenvalue weighted by Crippen LogP contribution is 2.25. The number of hydrogen-bond acceptors (Lipinski definition) is 4. The summed E-state index contributed by atoms with van der Waals surface area (Å²) in [5.41, 5.74) is 5.51. The summed E-state index contributed by atoms with van der Waals surface area (Å²) in [5.74, 6) is 1.53. The number of ether oxygens (including phenoxy) is 2. The molecule has 0 aliphatic rings. The molecule has 0 radical (unpaired) electrons. The van der Waals surface area contributed by atoms with Crippen LogP contribution in [0.5, 0.6) is 11.5 Å². The van der Waals surface area contributed by atoms with E-state index >= 15 is 0 Å².